The van der Waals surface area contributed by atoms with Crippen LogP contribution in [0.2, 0.25) is 0 Å². The van der Waals surface area contributed by atoms with Crippen molar-refractivity contribution in [2.24, 2.45) is 0 Å². The Morgan fingerprint density at radius 1 is 1.20 bits per heavy atom. The summed E-state index contributed by atoms with van der Waals surface area (Å²) in [6.07, 6.45) is 1.20. The Bertz CT molecular complexity index is 500. The minimum atomic E-state index is 0.441. The number of nitrogens with one attached hydrogen (secondary N) is 1. The number of fused-ring (bicyclic) bond motifs is 1. The normalized spacial score (nSPS) is 13.5. The highest BCUT2D eigenvalue weighted by atomic mass is 32.1. The second-order valence-electron chi connectivity index (χ2n) is 5.79. The predicted octanol–water partition coefficient (Wildman–Crippen LogP) is 4.28. The van der Waals surface area contributed by atoms with Crippen LogP contribution in [0.5, 0.6) is 0 Å². The molecule has 0 radical (unpaired) electrons. The van der Waals surface area contributed by atoms with E-state index in [0.29, 0.717) is 12.1 Å². The summed E-state index contributed by atoms with van der Waals surface area (Å²) in [7, 11) is 2.19. The molecule has 3 heteroatoms. The average molecular weight is 290 g/mol. The number of hydrogen-bond donors (Lipinski definition) is 1. The van der Waals surface area contributed by atoms with E-state index in [4.69, 9.17) is 0 Å². The summed E-state index contributed by atoms with van der Waals surface area (Å²) in [4.78, 5) is 3.83. The summed E-state index contributed by atoms with van der Waals surface area (Å²) in [5, 5.41) is 5.00. The lowest BCUT2D eigenvalue weighted by Crippen LogP contribution is -2.30. The molecule has 0 saturated carbocycles. The molecule has 1 unspecified atom stereocenters. The molecule has 1 aromatic carbocycles. The zero-order chi connectivity index (χ0) is 14.5. The largest absolute Gasteiger partial charge is 0.309 e. The Labute approximate surface area is 126 Å². The van der Waals surface area contributed by atoms with Gasteiger partial charge in [0.2, 0.25) is 0 Å². The Balaban J connectivity index is 1.81. The van der Waals surface area contributed by atoms with Gasteiger partial charge in [0.05, 0.1) is 0 Å². The van der Waals surface area contributed by atoms with E-state index < -0.39 is 0 Å². The lowest BCUT2D eigenvalue weighted by Gasteiger charge is -2.21. The van der Waals surface area contributed by atoms with Crippen LogP contribution in [0.3, 0.4) is 0 Å². The Morgan fingerprint density at radius 3 is 2.65 bits per heavy atom. The molecule has 1 heterocycles. The summed E-state index contributed by atoms with van der Waals surface area (Å²) in [6, 6.07) is 12.0. The summed E-state index contributed by atoms with van der Waals surface area (Å²) < 4.78 is 1.38. The molecule has 20 heavy (non-hydrogen) atoms. The maximum Gasteiger partial charge on any atom is 0.0386 e. The van der Waals surface area contributed by atoms with Gasteiger partial charge in [0, 0.05) is 21.7 Å². The van der Waals surface area contributed by atoms with Gasteiger partial charge in [-0.2, -0.15) is 0 Å². The molecule has 2 aromatic rings. The molecule has 2 nitrogen and oxygen atoms in total. The first-order valence-corrected chi connectivity index (χ1v) is 8.31. The molecule has 1 aromatic heterocycles. The maximum absolute atomic E-state index is 3.64. The van der Waals surface area contributed by atoms with E-state index in [-0.39, 0.29) is 0 Å². The molecule has 0 aliphatic rings. The van der Waals surface area contributed by atoms with Gasteiger partial charge in [-0.05, 0) is 64.8 Å². The maximum atomic E-state index is 3.64. The first-order valence-electron chi connectivity index (χ1n) is 7.50. The van der Waals surface area contributed by atoms with Crippen molar-refractivity contribution in [1.29, 1.82) is 0 Å². The number of rotatable bonds is 7. The predicted molar refractivity (Wildman–Crippen MR) is 90.6 cm³/mol. The third-order valence-corrected chi connectivity index (χ3v) is 5.19. The lowest BCUT2D eigenvalue weighted by atomic mass is 10.2. The SMILES string of the molecule is CC(NCCCN(C)C(C)C)c1cc2ccccc2s1. The minimum Gasteiger partial charge on any atom is -0.309 e. The van der Waals surface area contributed by atoms with Crippen LogP contribution in [-0.4, -0.2) is 31.1 Å². The fourth-order valence-corrected chi connectivity index (χ4v) is 3.31. The molecule has 2 rings (SSSR count). The molecule has 0 spiro atoms. The first-order chi connectivity index (χ1) is 9.58. The van der Waals surface area contributed by atoms with E-state index in [1.165, 1.54) is 21.4 Å². The second kappa shape index (κ2) is 7.21. The van der Waals surface area contributed by atoms with E-state index in [9.17, 15) is 0 Å². The van der Waals surface area contributed by atoms with Crippen molar-refractivity contribution in [1.82, 2.24) is 10.2 Å². The lowest BCUT2D eigenvalue weighted by molar-refractivity contribution is 0.268. The van der Waals surface area contributed by atoms with Crippen LogP contribution in [0.25, 0.3) is 10.1 Å². The van der Waals surface area contributed by atoms with Gasteiger partial charge < -0.3 is 10.2 Å². The number of thiophene rings is 1. The fourth-order valence-electron chi connectivity index (χ4n) is 2.22. The Morgan fingerprint density at radius 2 is 1.95 bits per heavy atom. The van der Waals surface area contributed by atoms with Crippen molar-refractivity contribution in [2.75, 3.05) is 20.1 Å². The molecule has 0 fully saturated rings. The number of nitrogens with zero attached hydrogens (tertiary/aromatic N) is 1. The summed E-state index contributed by atoms with van der Waals surface area (Å²) in [6.45, 7) is 8.98. The van der Waals surface area contributed by atoms with E-state index in [0.717, 1.165) is 13.1 Å². The standard InChI is InChI=1S/C17H26N2S/c1-13(2)19(4)11-7-10-18-14(3)17-12-15-8-5-6-9-16(15)20-17/h5-6,8-9,12-14,18H,7,10-11H2,1-4H3. The van der Waals surface area contributed by atoms with Gasteiger partial charge >= 0.3 is 0 Å². The molecule has 0 aliphatic carbocycles. The van der Waals surface area contributed by atoms with Crippen LogP contribution >= 0.6 is 11.3 Å². The van der Waals surface area contributed by atoms with Crippen LogP contribution in [0.15, 0.2) is 30.3 Å². The van der Waals surface area contributed by atoms with Crippen LogP contribution in [-0.2, 0) is 0 Å². The minimum absolute atomic E-state index is 0.441. The van der Waals surface area contributed by atoms with Crippen LogP contribution in [0, 0.1) is 0 Å². The van der Waals surface area contributed by atoms with Crippen LogP contribution in [0.1, 0.15) is 38.1 Å². The van der Waals surface area contributed by atoms with E-state index in [1.807, 2.05) is 11.3 Å². The molecule has 1 N–H and O–H groups in total. The molecule has 110 valence electrons. The fraction of sp³-hybridized carbons (Fsp3) is 0.529. The van der Waals surface area contributed by atoms with Gasteiger partial charge in [-0.15, -0.1) is 11.3 Å². The highest BCUT2D eigenvalue weighted by molar-refractivity contribution is 7.19. The van der Waals surface area contributed by atoms with Gasteiger partial charge in [-0.1, -0.05) is 18.2 Å². The zero-order valence-electron chi connectivity index (χ0n) is 13.0. The summed E-state index contributed by atoms with van der Waals surface area (Å²) in [5.74, 6) is 0. The zero-order valence-corrected chi connectivity index (χ0v) is 13.8. The Kier molecular flexibility index (Phi) is 5.58. The van der Waals surface area contributed by atoms with Crippen LogP contribution in [0.4, 0.5) is 0 Å². The van der Waals surface area contributed by atoms with Crippen molar-refractivity contribution in [3.05, 3.63) is 35.2 Å². The van der Waals surface area contributed by atoms with Gasteiger partial charge in [0.1, 0.15) is 0 Å². The monoisotopic (exact) mass is 290 g/mol. The van der Waals surface area contributed by atoms with Gasteiger partial charge in [0.25, 0.3) is 0 Å². The molecule has 1 atom stereocenters. The molecule has 0 saturated heterocycles. The first kappa shape index (κ1) is 15.5. The number of hydrogen-bond acceptors (Lipinski definition) is 3. The van der Waals surface area contributed by atoms with Crippen molar-refractivity contribution >= 4 is 21.4 Å². The van der Waals surface area contributed by atoms with E-state index in [1.54, 1.807) is 0 Å². The highest BCUT2D eigenvalue weighted by Crippen LogP contribution is 2.29. The van der Waals surface area contributed by atoms with Crippen molar-refractivity contribution in [2.45, 2.75) is 39.3 Å². The third-order valence-electron chi connectivity index (χ3n) is 3.89. The topological polar surface area (TPSA) is 15.3 Å². The van der Waals surface area contributed by atoms with Crippen molar-refractivity contribution in [3.8, 4) is 0 Å². The van der Waals surface area contributed by atoms with E-state index >= 15 is 0 Å². The summed E-state index contributed by atoms with van der Waals surface area (Å²) in [5.41, 5.74) is 0. The van der Waals surface area contributed by atoms with E-state index in [2.05, 4.69) is 68.4 Å². The average Bonchev–Trinajstić information content (AvgIpc) is 2.86. The third kappa shape index (κ3) is 4.05. The Hall–Kier alpha value is -0.900. The molecular formula is C17H26N2S. The van der Waals surface area contributed by atoms with Gasteiger partial charge in [-0.25, -0.2) is 0 Å². The number of benzene rings is 1. The van der Waals surface area contributed by atoms with Gasteiger partial charge in [-0.3, -0.25) is 0 Å². The molecule has 0 amide bonds. The highest BCUT2D eigenvalue weighted by Gasteiger charge is 2.09. The van der Waals surface area contributed by atoms with Crippen molar-refractivity contribution in [3.63, 3.8) is 0 Å². The summed E-state index contributed by atoms with van der Waals surface area (Å²) >= 11 is 1.90. The van der Waals surface area contributed by atoms with Crippen molar-refractivity contribution < 1.29 is 0 Å². The second-order valence-corrected chi connectivity index (χ2v) is 6.91. The quantitative estimate of drug-likeness (QED) is 0.766. The molecule has 0 bridgehead atoms. The molecular weight excluding hydrogens is 264 g/mol. The van der Waals surface area contributed by atoms with Gasteiger partial charge in [0.15, 0.2) is 0 Å². The smallest absolute Gasteiger partial charge is 0.0386 e. The van der Waals surface area contributed by atoms with Crippen LogP contribution < -0.4 is 5.32 Å². The molecule has 0 aliphatic heterocycles.